The van der Waals surface area contributed by atoms with Crippen LogP contribution in [0.3, 0.4) is 0 Å². The molecule has 5 nitrogen and oxygen atoms in total. The highest BCUT2D eigenvalue weighted by atomic mass is 32.2. The lowest BCUT2D eigenvalue weighted by Gasteiger charge is -2.04. The highest BCUT2D eigenvalue weighted by molar-refractivity contribution is 8.26. The van der Waals surface area contributed by atoms with E-state index in [0.29, 0.717) is 15.0 Å². The molecule has 1 aliphatic heterocycles. The lowest BCUT2D eigenvalue weighted by molar-refractivity contribution is -0.129. The molecule has 1 aliphatic rings. The molecule has 0 spiro atoms. The summed E-state index contributed by atoms with van der Waals surface area (Å²) in [7, 11) is 3.25. The summed E-state index contributed by atoms with van der Waals surface area (Å²) in [4.78, 5) is 26.0. The first-order chi connectivity index (χ1) is 13.5. The summed E-state index contributed by atoms with van der Waals surface area (Å²) < 4.78 is 10.9. The Bertz CT molecular complexity index is 963. The number of thioether (sulfide) groups is 1. The molecule has 0 atom stereocenters. The summed E-state index contributed by atoms with van der Waals surface area (Å²) >= 11 is 6.37. The molecule has 0 saturated carbocycles. The van der Waals surface area contributed by atoms with Crippen molar-refractivity contribution in [2.45, 2.75) is 0 Å². The highest BCUT2D eigenvalue weighted by Gasteiger charge is 2.28. The maximum absolute atomic E-state index is 12.0. The van der Waals surface area contributed by atoms with Crippen LogP contribution in [0.25, 0.3) is 12.2 Å². The number of nitrogens with zero attached hydrogens (tertiary/aromatic N) is 1. The Morgan fingerprint density at radius 3 is 2.21 bits per heavy atom. The Morgan fingerprint density at radius 2 is 1.64 bits per heavy atom. The molecule has 7 heteroatoms. The molecule has 142 valence electrons. The van der Waals surface area contributed by atoms with Gasteiger partial charge >= 0.3 is 5.97 Å². The van der Waals surface area contributed by atoms with Gasteiger partial charge in [0.25, 0.3) is 5.91 Å². The van der Waals surface area contributed by atoms with E-state index < -0.39 is 5.97 Å². The van der Waals surface area contributed by atoms with Crippen molar-refractivity contribution >= 4 is 52.3 Å². The molecule has 0 aliphatic carbocycles. The van der Waals surface area contributed by atoms with Crippen molar-refractivity contribution in [3.63, 3.8) is 0 Å². The number of thiocarbonyl (C=S) groups is 1. The summed E-state index contributed by atoms with van der Waals surface area (Å²) in [5, 5.41) is 0. The van der Waals surface area contributed by atoms with Crippen molar-refractivity contribution in [1.82, 2.24) is 4.90 Å². The maximum atomic E-state index is 12.0. The number of carbonyl (C=O) groups excluding carboxylic acids is 2. The Morgan fingerprint density at radius 1 is 1.04 bits per heavy atom. The van der Waals surface area contributed by atoms with E-state index in [1.165, 1.54) is 22.7 Å². The zero-order chi connectivity index (χ0) is 20.1. The van der Waals surface area contributed by atoms with E-state index in [1.807, 2.05) is 24.3 Å². The average molecular weight is 412 g/mol. The van der Waals surface area contributed by atoms with Crippen LogP contribution in [0.5, 0.6) is 11.5 Å². The van der Waals surface area contributed by atoms with Crippen LogP contribution in [0.15, 0.2) is 59.5 Å². The first-order valence-corrected chi connectivity index (χ1v) is 9.54. The number of methoxy groups -OCH3 is 1. The summed E-state index contributed by atoms with van der Waals surface area (Å²) in [6.07, 6.45) is 4.79. The summed E-state index contributed by atoms with van der Waals surface area (Å²) in [5.74, 6) is 0.579. The lowest BCUT2D eigenvalue weighted by Crippen LogP contribution is -2.22. The Labute approximate surface area is 172 Å². The second kappa shape index (κ2) is 8.86. The molecule has 2 aromatic rings. The van der Waals surface area contributed by atoms with E-state index in [-0.39, 0.29) is 5.91 Å². The van der Waals surface area contributed by atoms with E-state index in [0.717, 1.165) is 16.9 Å². The third-order valence-corrected chi connectivity index (χ3v) is 5.40. The molecule has 3 rings (SSSR count). The minimum Gasteiger partial charge on any atom is -0.497 e. The molecular weight excluding hydrogens is 394 g/mol. The number of hydrogen-bond acceptors (Lipinski definition) is 6. The van der Waals surface area contributed by atoms with Crippen LogP contribution < -0.4 is 9.47 Å². The van der Waals surface area contributed by atoms with Gasteiger partial charge < -0.3 is 9.47 Å². The highest BCUT2D eigenvalue weighted by Crippen LogP contribution is 2.31. The molecule has 2 aromatic carbocycles. The van der Waals surface area contributed by atoms with Gasteiger partial charge in [-0.25, -0.2) is 4.79 Å². The fraction of sp³-hybridized carbons (Fsp3) is 0.0952. The number of carbonyl (C=O) groups is 2. The molecule has 1 amide bonds. The summed E-state index contributed by atoms with van der Waals surface area (Å²) in [6.45, 7) is 0. The normalized spacial score (nSPS) is 15.5. The molecule has 0 unspecified atom stereocenters. The molecular formula is C21H17NO4S2. The van der Waals surface area contributed by atoms with Crippen LogP contribution in [0, 0.1) is 0 Å². The van der Waals surface area contributed by atoms with E-state index in [1.54, 1.807) is 50.6 Å². The SMILES string of the molecule is COc1ccc(C=CC(=O)Oc2ccc(C=C3SC(=S)N(C)C3=O)cc2)cc1. The molecule has 0 radical (unpaired) electrons. The van der Waals surface area contributed by atoms with Gasteiger partial charge in [-0.2, -0.15) is 0 Å². The average Bonchev–Trinajstić information content (AvgIpc) is 2.95. The number of rotatable bonds is 5. The van der Waals surface area contributed by atoms with Crippen LogP contribution in [-0.4, -0.2) is 35.3 Å². The molecule has 28 heavy (non-hydrogen) atoms. The quantitative estimate of drug-likeness (QED) is 0.319. The van der Waals surface area contributed by atoms with Crippen LogP contribution in [0.2, 0.25) is 0 Å². The number of amides is 1. The van der Waals surface area contributed by atoms with Crippen LogP contribution in [-0.2, 0) is 9.59 Å². The fourth-order valence-electron chi connectivity index (χ4n) is 2.36. The largest absolute Gasteiger partial charge is 0.497 e. The van der Waals surface area contributed by atoms with Crippen LogP contribution in [0.1, 0.15) is 11.1 Å². The third-order valence-electron chi connectivity index (χ3n) is 3.91. The summed E-state index contributed by atoms with van der Waals surface area (Å²) in [5.41, 5.74) is 1.68. The van der Waals surface area contributed by atoms with E-state index in [2.05, 4.69) is 0 Å². The van der Waals surface area contributed by atoms with Gasteiger partial charge in [-0.1, -0.05) is 48.2 Å². The van der Waals surface area contributed by atoms with Crippen molar-refractivity contribution in [2.24, 2.45) is 0 Å². The van der Waals surface area contributed by atoms with Crippen molar-refractivity contribution in [1.29, 1.82) is 0 Å². The Balaban J connectivity index is 1.60. The first-order valence-electron chi connectivity index (χ1n) is 8.32. The van der Waals surface area contributed by atoms with Gasteiger partial charge in [-0.15, -0.1) is 0 Å². The first kappa shape index (κ1) is 19.9. The van der Waals surface area contributed by atoms with Crippen molar-refractivity contribution in [2.75, 3.05) is 14.2 Å². The van der Waals surface area contributed by atoms with Gasteiger partial charge in [0.2, 0.25) is 0 Å². The Hall–Kier alpha value is -2.90. The zero-order valence-electron chi connectivity index (χ0n) is 15.2. The van der Waals surface area contributed by atoms with Crippen molar-refractivity contribution in [3.05, 3.63) is 70.6 Å². The molecule has 1 saturated heterocycles. The number of benzene rings is 2. The van der Waals surface area contributed by atoms with Gasteiger partial charge in [0.05, 0.1) is 12.0 Å². The predicted octanol–water partition coefficient (Wildman–Crippen LogP) is 4.15. The van der Waals surface area contributed by atoms with Gasteiger partial charge in [0.1, 0.15) is 15.8 Å². The van der Waals surface area contributed by atoms with Crippen molar-refractivity contribution in [3.8, 4) is 11.5 Å². The van der Waals surface area contributed by atoms with E-state index in [4.69, 9.17) is 21.7 Å². The number of ether oxygens (including phenoxy) is 2. The predicted molar refractivity (Wildman–Crippen MR) is 115 cm³/mol. The van der Waals surface area contributed by atoms with Crippen LogP contribution in [0.4, 0.5) is 0 Å². The molecule has 0 N–H and O–H groups in total. The van der Waals surface area contributed by atoms with Gasteiger partial charge in [0.15, 0.2) is 0 Å². The third kappa shape index (κ3) is 4.88. The van der Waals surface area contributed by atoms with E-state index in [9.17, 15) is 9.59 Å². The number of esters is 1. The minimum atomic E-state index is -0.476. The van der Waals surface area contributed by atoms with Gasteiger partial charge in [0, 0.05) is 13.1 Å². The standard InChI is InChI=1S/C21H17NO4S2/c1-22-20(24)18(28-21(22)27)13-15-5-10-17(11-6-15)26-19(23)12-7-14-3-8-16(25-2)9-4-14/h3-13H,1-2H3. The lowest BCUT2D eigenvalue weighted by atomic mass is 10.2. The van der Waals surface area contributed by atoms with E-state index >= 15 is 0 Å². The molecule has 1 fully saturated rings. The molecule has 0 aromatic heterocycles. The zero-order valence-corrected chi connectivity index (χ0v) is 16.9. The van der Waals surface area contributed by atoms with Crippen molar-refractivity contribution < 1.29 is 19.1 Å². The van der Waals surface area contributed by atoms with Crippen LogP contribution >= 0.6 is 24.0 Å². The molecule has 1 heterocycles. The topological polar surface area (TPSA) is 55.8 Å². The second-order valence-electron chi connectivity index (χ2n) is 5.84. The monoisotopic (exact) mass is 411 g/mol. The second-order valence-corrected chi connectivity index (χ2v) is 7.51. The Kier molecular flexibility index (Phi) is 6.28. The van der Waals surface area contributed by atoms with Gasteiger partial charge in [-0.05, 0) is 47.5 Å². The number of hydrogen-bond donors (Lipinski definition) is 0. The summed E-state index contributed by atoms with van der Waals surface area (Å²) in [6, 6.07) is 14.2. The smallest absolute Gasteiger partial charge is 0.336 e. The fourth-order valence-corrected chi connectivity index (χ4v) is 3.54. The molecule has 0 bridgehead atoms. The van der Waals surface area contributed by atoms with Gasteiger partial charge in [-0.3, -0.25) is 9.69 Å². The minimum absolute atomic E-state index is 0.117. The number of likely N-dealkylation sites (N-methyl/N-ethyl adjacent to an activating group) is 1. The maximum Gasteiger partial charge on any atom is 0.336 e.